The first-order chi connectivity index (χ1) is 14.3. The maximum Gasteiger partial charge on any atom is 0.160 e. The van der Waals surface area contributed by atoms with Crippen molar-refractivity contribution in [2.45, 2.75) is 52.1 Å². The van der Waals surface area contributed by atoms with E-state index >= 15 is 0 Å². The predicted octanol–water partition coefficient (Wildman–Crippen LogP) is 6.51. The van der Waals surface area contributed by atoms with Crippen LogP contribution in [0.2, 0.25) is 0 Å². The fourth-order valence-electron chi connectivity index (χ4n) is 4.09. The Bertz CT molecular complexity index is 1030. The van der Waals surface area contributed by atoms with Gasteiger partial charge in [-0.25, -0.2) is 0 Å². The topological polar surface area (TPSA) is 37.3 Å². The maximum absolute atomic E-state index is 12.3. The Balaban J connectivity index is 2.01. The monoisotopic (exact) mass is 418 g/mol. The fourth-order valence-corrected chi connectivity index (χ4v) is 5.94. The van der Waals surface area contributed by atoms with Crippen LogP contribution in [0.5, 0.6) is 5.75 Å². The number of hydrogen-bond donors (Lipinski definition) is 1. The molecule has 3 aromatic rings. The third-order valence-corrected chi connectivity index (χ3v) is 7.40. The maximum atomic E-state index is 12.3. The molecule has 2 atom stereocenters. The zero-order chi connectivity index (χ0) is 21.7. The molecule has 0 aliphatic rings. The van der Waals surface area contributed by atoms with Gasteiger partial charge < -0.3 is 5.11 Å². The van der Waals surface area contributed by atoms with Crippen LogP contribution in [-0.4, -0.2) is 10.9 Å². The molecule has 0 saturated carbocycles. The van der Waals surface area contributed by atoms with Crippen molar-refractivity contribution in [1.82, 2.24) is 0 Å². The largest absolute Gasteiger partial charge is 0.508 e. The summed E-state index contributed by atoms with van der Waals surface area (Å²) < 4.78 is 0. The van der Waals surface area contributed by atoms with E-state index in [1.165, 1.54) is 11.1 Å². The summed E-state index contributed by atoms with van der Waals surface area (Å²) in [6.45, 7) is 8.05. The molecule has 2 nitrogen and oxygen atoms in total. The number of carbonyl (C=O) groups is 1. The van der Waals surface area contributed by atoms with Gasteiger partial charge in [-0.2, -0.15) is 0 Å². The van der Waals surface area contributed by atoms with Crippen LogP contribution in [-0.2, 0) is 11.6 Å². The molecule has 0 radical (unpaired) electrons. The van der Waals surface area contributed by atoms with Crippen LogP contribution < -0.4 is 5.30 Å². The van der Waals surface area contributed by atoms with E-state index in [4.69, 9.17) is 0 Å². The molecule has 1 N–H and O–H groups in total. The summed E-state index contributed by atoms with van der Waals surface area (Å²) in [5.41, 5.74) is 5.32. The lowest BCUT2D eigenvalue weighted by molar-refractivity contribution is 0.101. The molecule has 0 spiro atoms. The number of rotatable bonds is 8. The Morgan fingerprint density at radius 1 is 1.00 bits per heavy atom. The van der Waals surface area contributed by atoms with E-state index in [2.05, 4.69) is 56.3 Å². The Morgan fingerprint density at radius 2 is 1.73 bits per heavy atom. The van der Waals surface area contributed by atoms with Crippen molar-refractivity contribution in [3.63, 3.8) is 0 Å². The number of aryl methyl sites for hydroxylation is 1. The van der Waals surface area contributed by atoms with Crippen molar-refractivity contribution in [3.8, 4) is 5.75 Å². The summed E-state index contributed by atoms with van der Waals surface area (Å²) in [7, 11) is 0.401. The Hall–Kier alpha value is -2.44. The molecule has 0 aliphatic carbocycles. The summed E-state index contributed by atoms with van der Waals surface area (Å²) in [4.78, 5) is 12.3. The zero-order valence-electron chi connectivity index (χ0n) is 18.3. The average Bonchev–Trinajstić information content (AvgIpc) is 2.71. The first-order valence-electron chi connectivity index (χ1n) is 10.6. The van der Waals surface area contributed by atoms with E-state index in [-0.39, 0.29) is 10.9 Å². The van der Waals surface area contributed by atoms with Crippen LogP contribution in [0, 0.1) is 6.92 Å². The van der Waals surface area contributed by atoms with Crippen LogP contribution in [0.1, 0.15) is 66.2 Å². The SMILES string of the molecule is CCCC(C)(Pc1ccc(C)cc1C(C)=O)c1cc(Cc2ccccc2)ccc1O. The molecule has 0 aliphatic heterocycles. The third kappa shape index (κ3) is 5.18. The highest BCUT2D eigenvalue weighted by molar-refractivity contribution is 7.48. The second-order valence-corrected chi connectivity index (χ2v) is 10.2. The summed E-state index contributed by atoms with van der Waals surface area (Å²) in [5, 5.41) is 11.7. The van der Waals surface area contributed by atoms with E-state index in [0.29, 0.717) is 14.3 Å². The Morgan fingerprint density at radius 3 is 2.40 bits per heavy atom. The molecule has 0 amide bonds. The van der Waals surface area contributed by atoms with Crippen molar-refractivity contribution < 1.29 is 9.90 Å². The van der Waals surface area contributed by atoms with Gasteiger partial charge in [-0.05, 0) is 55.3 Å². The highest BCUT2D eigenvalue weighted by atomic mass is 31.1. The van der Waals surface area contributed by atoms with E-state index < -0.39 is 0 Å². The molecule has 0 fully saturated rings. The average molecular weight is 419 g/mol. The van der Waals surface area contributed by atoms with Crippen LogP contribution >= 0.6 is 8.58 Å². The van der Waals surface area contributed by atoms with Crippen molar-refractivity contribution in [2.75, 3.05) is 0 Å². The quantitative estimate of drug-likeness (QED) is 0.334. The summed E-state index contributed by atoms with van der Waals surface area (Å²) in [5.74, 6) is 0.439. The van der Waals surface area contributed by atoms with Gasteiger partial charge in [0, 0.05) is 16.3 Å². The fraction of sp³-hybridized carbons (Fsp3) is 0.296. The van der Waals surface area contributed by atoms with Crippen molar-refractivity contribution in [3.05, 3.63) is 94.5 Å². The molecule has 3 rings (SSSR count). The normalized spacial score (nSPS) is 13.5. The highest BCUT2D eigenvalue weighted by Crippen LogP contribution is 2.48. The smallest absolute Gasteiger partial charge is 0.160 e. The lowest BCUT2D eigenvalue weighted by Crippen LogP contribution is -2.22. The number of carbonyl (C=O) groups excluding carboxylic acids is 1. The van der Waals surface area contributed by atoms with E-state index in [1.807, 2.05) is 31.2 Å². The number of phenolic OH excluding ortho intramolecular Hbond substituents is 1. The van der Waals surface area contributed by atoms with Crippen molar-refractivity contribution in [1.29, 1.82) is 0 Å². The minimum atomic E-state index is -0.231. The first kappa shape index (κ1) is 22.2. The molecular weight excluding hydrogens is 387 g/mol. The van der Waals surface area contributed by atoms with E-state index in [0.717, 1.165) is 41.3 Å². The number of Topliss-reactive ketones (excluding diaryl/α,β-unsaturated/α-hetero) is 1. The number of aromatic hydroxyl groups is 1. The molecule has 0 bridgehead atoms. The first-order valence-corrected chi connectivity index (χ1v) is 11.6. The molecule has 2 unspecified atom stereocenters. The highest BCUT2D eigenvalue weighted by Gasteiger charge is 2.30. The molecule has 30 heavy (non-hydrogen) atoms. The minimum Gasteiger partial charge on any atom is -0.508 e. The predicted molar refractivity (Wildman–Crippen MR) is 129 cm³/mol. The summed E-state index contributed by atoms with van der Waals surface area (Å²) in [6.07, 6.45) is 2.79. The van der Waals surface area contributed by atoms with Crippen LogP contribution in [0.4, 0.5) is 0 Å². The number of benzene rings is 3. The second-order valence-electron chi connectivity index (χ2n) is 8.33. The van der Waals surface area contributed by atoms with Crippen molar-refractivity contribution >= 4 is 19.7 Å². The Kier molecular flexibility index (Phi) is 7.10. The van der Waals surface area contributed by atoms with Gasteiger partial charge in [-0.1, -0.05) is 89.0 Å². The number of ketones is 1. The summed E-state index contributed by atoms with van der Waals surface area (Å²) in [6, 6.07) is 22.5. The molecular formula is C27H31O2P. The van der Waals surface area contributed by atoms with Gasteiger partial charge in [0.05, 0.1) is 0 Å². The van der Waals surface area contributed by atoms with E-state index in [1.54, 1.807) is 6.92 Å². The lowest BCUT2D eigenvalue weighted by Gasteiger charge is -2.32. The molecule has 0 saturated heterocycles. The van der Waals surface area contributed by atoms with Crippen molar-refractivity contribution in [2.24, 2.45) is 0 Å². The molecule has 0 heterocycles. The molecule has 3 aromatic carbocycles. The van der Waals surface area contributed by atoms with Gasteiger partial charge >= 0.3 is 0 Å². The standard InChI is InChI=1S/C27H31O2P/c1-5-15-27(4,30-26-14-11-19(2)16-23(26)20(3)28)24-18-22(12-13-25(24)29)17-21-9-7-6-8-10-21/h6-14,16,18,29-30H,5,15,17H2,1-4H3. The van der Waals surface area contributed by atoms with Gasteiger partial charge in [-0.3, -0.25) is 4.79 Å². The van der Waals surface area contributed by atoms with Gasteiger partial charge in [0.2, 0.25) is 0 Å². The van der Waals surface area contributed by atoms with Gasteiger partial charge in [0.1, 0.15) is 5.75 Å². The summed E-state index contributed by atoms with van der Waals surface area (Å²) >= 11 is 0. The van der Waals surface area contributed by atoms with Crippen LogP contribution in [0.15, 0.2) is 66.7 Å². The van der Waals surface area contributed by atoms with Gasteiger partial charge in [0.25, 0.3) is 0 Å². The number of hydrogen-bond acceptors (Lipinski definition) is 2. The second kappa shape index (κ2) is 9.58. The molecule has 156 valence electrons. The van der Waals surface area contributed by atoms with Gasteiger partial charge in [-0.15, -0.1) is 0 Å². The molecule has 3 heteroatoms. The number of phenols is 1. The van der Waals surface area contributed by atoms with Crippen LogP contribution in [0.3, 0.4) is 0 Å². The minimum absolute atomic E-state index is 0.0992. The van der Waals surface area contributed by atoms with Gasteiger partial charge in [0.15, 0.2) is 5.78 Å². The van der Waals surface area contributed by atoms with Crippen LogP contribution in [0.25, 0.3) is 0 Å². The Labute approximate surface area is 182 Å². The lowest BCUT2D eigenvalue weighted by atomic mass is 9.91. The van der Waals surface area contributed by atoms with E-state index in [9.17, 15) is 9.90 Å². The third-order valence-electron chi connectivity index (χ3n) is 5.62. The zero-order valence-corrected chi connectivity index (χ0v) is 19.3. The molecule has 0 aromatic heterocycles.